The maximum absolute atomic E-state index is 12.9. The van der Waals surface area contributed by atoms with Crippen molar-refractivity contribution in [3.05, 3.63) is 48.0 Å². The van der Waals surface area contributed by atoms with Gasteiger partial charge in [-0.05, 0) is 56.6 Å². The third kappa shape index (κ3) is 6.37. The van der Waals surface area contributed by atoms with Gasteiger partial charge in [0.1, 0.15) is 16.4 Å². The predicted octanol–water partition coefficient (Wildman–Crippen LogP) is 4.05. The molecule has 2 rings (SSSR count). The molecule has 0 aliphatic heterocycles. The Bertz CT molecular complexity index is 876. The van der Waals surface area contributed by atoms with Gasteiger partial charge in [-0.15, -0.1) is 0 Å². The molecule has 2 aromatic carbocycles. The molecule has 0 aliphatic carbocycles. The van der Waals surface area contributed by atoms with E-state index in [1.165, 1.54) is 19.2 Å². The van der Waals surface area contributed by atoms with Crippen molar-refractivity contribution < 1.29 is 17.3 Å². The van der Waals surface area contributed by atoms with Crippen LogP contribution in [0.3, 0.4) is 0 Å². The summed E-state index contributed by atoms with van der Waals surface area (Å²) in [6.45, 7) is 11.4. The summed E-state index contributed by atoms with van der Waals surface area (Å²) in [5.74, 6) is 1.44. The largest absolute Gasteiger partial charge is 0.497 e. The highest BCUT2D eigenvalue weighted by Crippen LogP contribution is 2.29. The second-order valence-corrected chi connectivity index (χ2v) is 8.75. The molecule has 0 heterocycles. The molecule has 0 fully saturated rings. The maximum Gasteiger partial charge on any atom is 0.339 e. The molecule has 160 valence electrons. The van der Waals surface area contributed by atoms with Gasteiger partial charge in [-0.2, -0.15) is 8.42 Å². The molecular weight excluding hydrogens is 388 g/mol. The van der Waals surface area contributed by atoms with E-state index in [1.54, 1.807) is 18.2 Å². The molecule has 0 aliphatic rings. The topological polar surface area (TPSA) is 67.9 Å². The van der Waals surface area contributed by atoms with E-state index in [0.29, 0.717) is 24.0 Å². The highest BCUT2D eigenvalue weighted by Gasteiger charge is 2.20. The fraction of sp³-hybridized carbons (Fsp3) is 0.455. The van der Waals surface area contributed by atoms with E-state index in [9.17, 15) is 8.42 Å². The highest BCUT2D eigenvalue weighted by atomic mass is 32.2. The summed E-state index contributed by atoms with van der Waals surface area (Å²) in [5, 5.41) is 3.35. The van der Waals surface area contributed by atoms with Gasteiger partial charge >= 0.3 is 10.1 Å². The van der Waals surface area contributed by atoms with E-state index < -0.39 is 10.1 Å². The van der Waals surface area contributed by atoms with Gasteiger partial charge in [0, 0.05) is 37.0 Å². The van der Waals surface area contributed by atoms with Crippen LogP contribution in [0.25, 0.3) is 0 Å². The van der Waals surface area contributed by atoms with Gasteiger partial charge in [0.05, 0.1) is 7.11 Å². The summed E-state index contributed by atoms with van der Waals surface area (Å²) in [7, 11) is -2.42. The van der Waals surface area contributed by atoms with Crippen LogP contribution < -0.4 is 19.1 Å². The molecule has 0 aromatic heterocycles. The molecule has 0 saturated carbocycles. The zero-order valence-electron chi connectivity index (χ0n) is 17.9. The molecule has 2 aromatic rings. The van der Waals surface area contributed by atoms with E-state index in [4.69, 9.17) is 8.92 Å². The van der Waals surface area contributed by atoms with Crippen molar-refractivity contribution in [2.24, 2.45) is 5.92 Å². The Kier molecular flexibility index (Phi) is 8.34. The van der Waals surface area contributed by atoms with E-state index >= 15 is 0 Å². The van der Waals surface area contributed by atoms with Crippen LogP contribution in [0.4, 0.5) is 5.69 Å². The van der Waals surface area contributed by atoms with Crippen molar-refractivity contribution in [3.8, 4) is 11.5 Å². The summed E-state index contributed by atoms with van der Waals surface area (Å²) in [6, 6.07) is 11.9. The van der Waals surface area contributed by atoms with E-state index in [-0.39, 0.29) is 4.90 Å². The lowest BCUT2D eigenvalue weighted by Gasteiger charge is -2.23. The average Bonchev–Trinajstić information content (AvgIpc) is 2.70. The number of hydrogen-bond donors (Lipinski definition) is 1. The summed E-state index contributed by atoms with van der Waals surface area (Å²) in [5.41, 5.74) is 1.74. The molecule has 29 heavy (non-hydrogen) atoms. The SMILES string of the molecule is CCN(CC)c1ccc(CNCC(C)C)c(OS(=O)(=O)c2ccc(OC)cc2)c1. The third-order valence-electron chi connectivity index (χ3n) is 4.59. The first-order valence-corrected chi connectivity index (χ1v) is 11.4. The molecule has 0 unspecified atom stereocenters. The minimum Gasteiger partial charge on any atom is -0.497 e. The molecule has 7 heteroatoms. The fourth-order valence-electron chi connectivity index (χ4n) is 2.96. The van der Waals surface area contributed by atoms with Crippen LogP contribution in [0.5, 0.6) is 11.5 Å². The number of benzene rings is 2. The van der Waals surface area contributed by atoms with Crippen LogP contribution in [0, 0.1) is 5.92 Å². The van der Waals surface area contributed by atoms with Gasteiger partial charge in [0.15, 0.2) is 0 Å². The number of methoxy groups -OCH3 is 1. The standard InChI is InChI=1S/C22H32N2O4S/c1-6-24(7-2)19-9-8-18(16-23-15-17(3)4)22(14-19)28-29(25,26)21-12-10-20(27-5)11-13-21/h8-14,17,23H,6-7,15-16H2,1-5H3. The highest BCUT2D eigenvalue weighted by molar-refractivity contribution is 7.87. The monoisotopic (exact) mass is 420 g/mol. The Morgan fingerprint density at radius 2 is 1.69 bits per heavy atom. The van der Waals surface area contributed by atoms with E-state index in [1.807, 2.05) is 12.1 Å². The average molecular weight is 421 g/mol. The number of rotatable bonds is 11. The van der Waals surface area contributed by atoms with Gasteiger partial charge in [-0.25, -0.2) is 0 Å². The fourth-order valence-corrected chi connectivity index (χ4v) is 3.91. The van der Waals surface area contributed by atoms with Crippen molar-refractivity contribution in [3.63, 3.8) is 0 Å². The van der Waals surface area contributed by atoms with Crippen molar-refractivity contribution in [2.45, 2.75) is 39.1 Å². The second kappa shape index (κ2) is 10.5. The van der Waals surface area contributed by atoms with E-state index in [2.05, 4.69) is 37.9 Å². The zero-order valence-corrected chi connectivity index (χ0v) is 18.8. The molecule has 0 atom stereocenters. The second-order valence-electron chi connectivity index (χ2n) is 7.20. The summed E-state index contributed by atoms with van der Waals surface area (Å²) < 4.78 is 36.4. The van der Waals surface area contributed by atoms with E-state index in [0.717, 1.165) is 30.9 Å². The molecule has 0 spiro atoms. The van der Waals surface area contributed by atoms with Gasteiger partial charge < -0.3 is 19.1 Å². The van der Waals surface area contributed by atoms with Crippen LogP contribution in [0.2, 0.25) is 0 Å². The van der Waals surface area contributed by atoms with Crippen LogP contribution >= 0.6 is 0 Å². The molecular formula is C22H32N2O4S. The summed E-state index contributed by atoms with van der Waals surface area (Å²) >= 11 is 0. The number of nitrogens with one attached hydrogen (secondary N) is 1. The minimum atomic E-state index is -3.96. The zero-order chi connectivity index (χ0) is 21.4. The molecule has 1 N–H and O–H groups in total. The van der Waals surface area contributed by atoms with Gasteiger partial charge in [0.2, 0.25) is 0 Å². The third-order valence-corrected chi connectivity index (χ3v) is 5.84. The van der Waals surface area contributed by atoms with Gasteiger partial charge in [0.25, 0.3) is 0 Å². The molecule has 0 bridgehead atoms. The first-order valence-electron chi connectivity index (χ1n) is 9.97. The number of anilines is 1. The summed E-state index contributed by atoms with van der Waals surface area (Å²) in [4.78, 5) is 2.24. The van der Waals surface area contributed by atoms with Crippen LogP contribution in [-0.4, -0.2) is 35.2 Å². The van der Waals surface area contributed by atoms with Gasteiger partial charge in [-0.1, -0.05) is 19.9 Å². The summed E-state index contributed by atoms with van der Waals surface area (Å²) in [6.07, 6.45) is 0. The van der Waals surface area contributed by atoms with Crippen LogP contribution in [0.15, 0.2) is 47.4 Å². The molecule has 6 nitrogen and oxygen atoms in total. The number of hydrogen-bond acceptors (Lipinski definition) is 6. The Hall–Kier alpha value is -2.25. The Morgan fingerprint density at radius 3 is 2.24 bits per heavy atom. The van der Waals surface area contributed by atoms with Crippen molar-refractivity contribution >= 4 is 15.8 Å². The van der Waals surface area contributed by atoms with Crippen molar-refractivity contribution in [1.29, 1.82) is 0 Å². The lowest BCUT2D eigenvalue weighted by Crippen LogP contribution is -2.23. The van der Waals surface area contributed by atoms with Crippen molar-refractivity contribution in [2.75, 3.05) is 31.6 Å². The lowest BCUT2D eigenvalue weighted by atomic mass is 10.1. The maximum atomic E-state index is 12.9. The Labute approximate surface area is 175 Å². The quantitative estimate of drug-likeness (QED) is 0.553. The minimum absolute atomic E-state index is 0.0904. The smallest absolute Gasteiger partial charge is 0.339 e. The van der Waals surface area contributed by atoms with Crippen LogP contribution in [-0.2, 0) is 16.7 Å². The Balaban J connectivity index is 2.35. The number of nitrogens with zero attached hydrogens (tertiary/aromatic N) is 1. The number of ether oxygens (including phenoxy) is 1. The molecule has 0 amide bonds. The van der Waals surface area contributed by atoms with Crippen molar-refractivity contribution in [1.82, 2.24) is 5.32 Å². The first-order chi connectivity index (χ1) is 13.8. The van der Waals surface area contributed by atoms with Gasteiger partial charge in [-0.3, -0.25) is 0 Å². The first kappa shape index (κ1) is 23.0. The normalized spacial score (nSPS) is 11.5. The Morgan fingerprint density at radius 1 is 1.03 bits per heavy atom. The molecule has 0 radical (unpaired) electrons. The predicted molar refractivity (Wildman–Crippen MR) is 117 cm³/mol. The van der Waals surface area contributed by atoms with Crippen LogP contribution in [0.1, 0.15) is 33.3 Å². The lowest BCUT2D eigenvalue weighted by molar-refractivity contribution is 0.414. The molecule has 0 saturated heterocycles.